The normalized spacial score (nSPS) is 11.9. The molecule has 2 heterocycles. The quantitative estimate of drug-likeness (QED) is 0.669. The van der Waals surface area contributed by atoms with E-state index in [-0.39, 0.29) is 18.0 Å². The molecule has 0 atom stereocenters. The number of hydrogen-bond donors (Lipinski definition) is 2. The summed E-state index contributed by atoms with van der Waals surface area (Å²) in [7, 11) is -1.93. The number of nitrogens with one attached hydrogen (secondary N) is 1. The minimum atomic E-state index is -3.64. The first kappa shape index (κ1) is 14.6. The number of rotatable bonds is 7. The molecule has 2 rings (SSSR count). The highest BCUT2D eigenvalue weighted by Crippen LogP contribution is 2.07. The lowest BCUT2D eigenvalue weighted by molar-refractivity contribution is 0.277. The summed E-state index contributed by atoms with van der Waals surface area (Å²) in [6.45, 7) is 0.518. The second kappa shape index (κ2) is 6.11. The molecule has 9 nitrogen and oxygen atoms in total. The molecular formula is C10H16N6O3S. The van der Waals surface area contributed by atoms with Crippen molar-refractivity contribution >= 4 is 10.0 Å². The summed E-state index contributed by atoms with van der Waals surface area (Å²) in [6, 6.07) is 0. The molecule has 2 aromatic rings. The van der Waals surface area contributed by atoms with Crippen molar-refractivity contribution in [1.29, 1.82) is 0 Å². The second-order valence-corrected chi connectivity index (χ2v) is 5.94. The van der Waals surface area contributed by atoms with Gasteiger partial charge in [0.05, 0.1) is 12.7 Å². The maximum atomic E-state index is 12.0. The Morgan fingerprint density at radius 2 is 2.25 bits per heavy atom. The average molecular weight is 300 g/mol. The van der Waals surface area contributed by atoms with Crippen LogP contribution in [-0.4, -0.2) is 44.7 Å². The number of hydrogen-bond acceptors (Lipinski definition) is 6. The first-order chi connectivity index (χ1) is 9.51. The first-order valence-electron chi connectivity index (χ1n) is 5.99. The molecule has 0 radical (unpaired) electrons. The Kier molecular flexibility index (Phi) is 4.47. The topological polar surface area (TPSA) is 115 Å². The van der Waals surface area contributed by atoms with Gasteiger partial charge in [-0.25, -0.2) is 18.1 Å². The van der Waals surface area contributed by atoms with Crippen LogP contribution in [-0.2, 0) is 30.2 Å². The van der Waals surface area contributed by atoms with Crippen LogP contribution in [0.25, 0.3) is 0 Å². The van der Waals surface area contributed by atoms with Crippen LogP contribution in [0, 0.1) is 0 Å². The highest BCUT2D eigenvalue weighted by Gasteiger charge is 2.17. The minimum Gasteiger partial charge on any atom is -0.396 e. The van der Waals surface area contributed by atoms with Gasteiger partial charge in [-0.15, -0.1) is 0 Å². The summed E-state index contributed by atoms with van der Waals surface area (Å²) in [5.41, 5.74) is 0. The van der Waals surface area contributed by atoms with Gasteiger partial charge in [0.25, 0.3) is 0 Å². The molecule has 0 amide bonds. The zero-order valence-corrected chi connectivity index (χ0v) is 11.8. The van der Waals surface area contributed by atoms with Gasteiger partial charge in [-0.1, -0.05) is 0 Å². The number of aromatic nitrogens is 5. The first-order valence-corrected chi connectivity index (χ1v) is 7.47. The van der Waals surface area contributed by atoms with Crippen LogP contribution < -0.4 is 4.72 Å². The molecule has 0 fully saturated rings. The van der Waals surface area contributed by atoms with Gasteiger partial charge >= 0.3 is 0 Å². The van der Waals surface area contributed by atoms with Gasteiger partial charge < -0.3 is 5.11 Å². The summed E-state index contributed by atoms with van der Waals surface area (Å²) in [5.74, 6) is 0.392. The summed E-state index contributed by atoms with van der Waals surface area (Å²) in [4.78, 5) is 4.01. The highest BCUT2D eigenvalue weighted by atomic mass is 32.2. The smallest absolute Gasteiger partial charge is 0.244 e. The van der Waals surface area contributed by atoms with E-state index in [4.69, 9.17) is 5.11 Å². The van der Waals surface area contributed by atoms with Crippen LogP contribution in [0.3, 0.4) is 0 Å². The van der Waals surface area contributed by atoms with Crippen LogP contribution in [0.15, 0.2) is 23.6 Å². The number of sulfonamides is 1. The Hall–Kier alpha value is -1.78. The molecule has 0 saturated carbocycles. The lowest BCUT2D eigenvalue weighted by atomic mass is 10.5. The lowest BCUT2D eigenvalue weighted by Gasteiger charge is -2.01. The fourth-order valence-corrected chi connectivity index (χ4v) is 2.48. The van der Waals surface area contributed by atoms with Gasteiger partial charge in [-0.05, 0) is 6.42 Å². The lowest BCUT2D eigenvalue weighted by Crippen LogP contribution is -2.23. The van der Waals surface area contributed by atoms with Crippen molar-refractivity contribution in [3.8, 4) is 0 Å². The molecule has 10 heteroatoms. The number of aliphatic hydroxyl groups is 1. The van der Waals surface area contributed by atoms with E-state index in [1.165, 1.54) is 28.1 Å². The van der Waals surface area contributed by atoms with Crippen molar-refractivity contribution in [3.63, 3.8) is 0 Å². The number of aliphatic hydroxyl groups excluding tert-OH is 1. The van der Waals surface area contributed by atoms with Crippen LogP contribution in [0.1, 0.15) is 12.2 Å². The number of nitrogens with zero attached hydrogens (tertiary/aromatic N) is 5. The van der Waals surface area contributed by atoms with E-state index < -0.39 is 10.0 Å². The van der Waals surface area contributed by atoms with Crippen molar-refractivity contribution < 1.29 is 13.5 Å². The maximum Gasteiger partial charge on any atom is 0.244 e. The molecule has 0 aromatic carbocycles. The fourth-order valence-electron chi connectivity index (χ4n) is 1.55. The molecule has 2 N–H and O–H groups in total. The van der Waals surface area contributed by atoms with E-state index >= 15 is 0 Å². The van der Waals surface area contributed by atoms with Crippen LogP contribution in [0.4, 0.5) is 0 Å². The van der Waals surface area contributed by atoms with Crippen molar-refractivity contribution in [2.45, 2.75) is 24.4 Å². The molecule has 2 aromatic heterocycles. The molecule has 0 bridgehead atoms. The van der Waals surface area contributed by atoms with Gasteiger partial charge in [-0.3, -0.25) is 9.36 Å². The third kappa shape index (κ3) is 3.62. The van der Waals surface area contributed by atoms with Crippen LogP contribution in [0.2, 0.25) is 0 Å². The number of aryl methyl sites for hydroxylation is 2. The summed E-state index contributed by atoms with van der Waals surface area (Å²) in [5, 5.41) is 16.6. The molecule has 0 aliphatic carbocycles. The Bertz CT molecular complexity index is 662. The van der Waals surface area contributed by atoms with Crippen molar-refractivity contribution in [1.82, 2.24) is 29.3 Å². The molecule has 0 unspecified atom stereocenters. The Morgan fingerprint density at radius 1 is 1.45 bits per heavy atom. The summed E-state index contributed by atoms with van der Waals surface area (Å²) < 4.78 is 29.4. The SMILES string of the molecule is Cn1cnc(CNS(=O)(=O)c2cnn(CCCO)c2)n1. The monoisotopic (exact) mass is 300 g/mol. The van der Waals surface area contributed by atoms with E-state index in [0.29, 0.717) is 18.8 Å². The Labute approximate surface area is 116 Å². The maximum absolute atomic E-state index is 12.0. The van der Waals surface area contributed by atoms with Crippen LogP contribution >= 0.6 is 0 Å². The van der Waals surface area contributed by atoms with E-state index in [2.05, 4.69) is 19.9 Å². The molecule has 20 heavy (non-hydrogen) atoms. The molecule has 110 valence electrons. The summed E-state index contributed by atoms with van der Waals surface area (Å²) >= 11 is 0. The zero-order valence-electron chi connectivity index (χ0n) is 11.0. The van der Waals surface area contributed by atoms with E-state index in [0.717, 1.165) is 0 Å². The Balaban J connectivity index is 2.00. The molecular weight excluding hydrogens is 284 g/mol. The van der Waals surface area contributed by atoms with Gasteiger partial charge in [0.15, 0.2) is 5.82 Å². The minimum absolute atomic E-state index is 0.0188. The fraction of sp³-hybridized carbons (Fsp3) is 0.500. The van der Waals surface area contributed by atoms with Gasteiger partial charge in [0.2, 0.25) is 10.0 Å². The van der Waals surface area contributed by atoms with Crippen molar-refractivity contribution in [3.05, 3.63) is 24.5 Å². The standard InChI is InChI=1S/C10H16N6O3S/c1-15-8-11-10(14-15)6-13-20(18,19)9-5-12-16(7-9)3-2-4-17/h5,7-8,13,17H,2-4,6H2,1H3. The zero-order chi connectivity index (χ0) is 14.6. The summed E-state index contributed by atoms with van der Waals surface area (Å²) in [6.07, 6.45) is 4.71. The van der Waals surface area contributed by atoms with E-state index in [1.54, 1.807) is 7.05 Å². The molecule has 0 aliphatic rings. The second-order valence-electron chi connectivity index (χ2n) is 4.18. The van der Waals surface area contributed by atoms with Gasteiger partial charge in [-0.2, -0.15) is 10.2 Å². The largest absolute Gasteiger partial charge is 0.396 e. The highest BCUT2D eigenvalue weighted by molar-refractivity contribution is 7.89. The van der Waals surface area contributed by atoms with E-state index in [1.807, 2.05) is 0 Å². The molecule has 0 saturated heterocycles. The Morgan fingerprint density at radius 3 is 2.90 bits per heavy atom. The van der Waals surface area contributed by atoms with Gasteiger partial charge in [0, 0.05) is 26.4 Å². The molecule has 0 spiro atoms. The van der Waals surface area contributed by atoms with Crippen LogP contribution in [0.5, 0.6) is 0 Å². The van der Waals surface area contributed by atoms with E-state index in [9.17, 15) is 8.42 Å². The van der Waals surface area contributed by atoms with Crippen molar-refractivity contribution in [2.24, 2.45) is 7.05 Å². The third-order valence-electron chi connectivity index (χ3n) is 2.53. The molecule has 0 aliphatic heterocycles. The predicted octanol–water partition coefficient (Wildman–Crippen LogP) is -1.13. The third-order valence-corrected chi connectivity index (χ3v) is 3.89. The average Bonchev–Trinajstić information content (AvgIpc) is 3.03. The predicted molar refractivity (Wildman–Crippen MR) is 69.0 cm³/mol. The van der Waals surface area contributed by atoms with Crippen molar-refractivity contribution in [2.75, 3.05) is 6.61 Å². The van der Waals surface area contributed by atoms with Gasteiger partial charge in [0.1, 0.15) is 11.2 Å².